The van der Waals surface area contributed by atoms with Crippen LogP contribution in [0.2, 0.25) is 0 Å². The average Bonchev–Trinajstić information content (AvgIpc) is 2.72. The van der Waals surface area contributed by atoms with Crippen LogP contribution in [-0.2, 0) is 0 Å². The molecular weight excluding hydrogens is 340 g/mol. The van der Waals surface area contributed by atoms with Crippen LogP contribution in [0.4, 0.5) is 5.69 Å². The van der Waals surface area contributed by atoms with Crippen molar-refractivity contribution in [2.75, 3.05) is 4.90 Å². The maximum Gasteiger partial charge on any atom is 0.335 e. The molecule has 0 fully saturated rings. The zero-order valence-electron chi connectivity index (χ0n) is 10.4. The molecule has 0 bridgehead atoms. The van der Waals surface area contributed by atoms with Crippen molar-refractivity contribution in [2.24, 2.45) is 0 Å². The third kappa shape index (κ3) is 2.02. The first-order valence-corrected chi connectivity index (χ1v) is 6.65. The second-order valence-corrected chi connectivity index (χ2v) is 5.19. The number of carboxylic acids is 1. The monoisotopic (exact) mass is 346 g/mol. The molecule has 0 spiro atoms. The highest BCUT2D eigenvalue weighted by Crippen LogP contribution is 2.33. The van der Waals surface area contributed by atoms with Crippen LogP contribution in [0.5, 0.6) is 0 Å². The summed E-state index contributed by atoms with van der Waals surface area (Å²) >= 11 is 3.23. The van der Waals surface area contributed by atoms with Gasteiger partial charge in [0.25, 0.3) is 11.8 Å². The molecule has 1 aromatic carbocycles. The number of hydrogen-bond donors (Lipinski definition) is 1. The maximum absolute atomic E-state index is 12.4. The lowest BCUT2D eigenvalue weighted by molar-refractivity contribution is 0.0695. The number of carbonyl (C=O) groups is 3. The Kier molecular flexibility index (Phi) is 3.06. The Bertz CT molecular complexity index is 768. The topological polar surface area (TPSA) is 87.6 Å². The number of aromatic nitrogens is 1. The quantitative estimate of drug-likeness (QED) is 0.843. The van der Waals surface area contributed by atoms with Gasteiger partial charge in [-0.25, -0.2) is 9.69 Å². The van der Waals surface area contributed by atoms with Crippen LogP contribution in [0, 0.1) is 0 Å². The van der Waals surface area contributed by atoms with Crippen molar-refractivity contribution in [2.45, 2.75) is 0 Å². The molecule has 104 valence electrons. The molecule has 21 heavy (non-hydrogen) atoms. The molecule has 0 unspecified atom stereocenters. The number of hydrogen-bond acceptors (Lipinski definition) is 4. The van der Waals surface area contributed by atoms with E-state index in [1.54, 1.807) is 0 Å². The van der Waals surface area contributed by atoms with Gasteiger partial charge >= 0.3 is 5.97 Å². The number of aromatic carboxylic acids is 1. The van der Waals surface area contributed by atoms with Gasteiger partial charge in [-0.15, -0.1) is 0 Å². The minimum absolute atomic E-state index is 0.0112. The molecule has 1 N–H and O–H groups in total. The van der Waals surface area contributed by atoms with E-state index in [0.29, 0.717) is 4.47 Å². The number of carbonyl (C=O) groups excluding carboxylic acids is 2. The summed E-state index contributed by atoms with van der Waals surface area (Å²) in [6.45, 7) is 0. The summed E-state index contributed by atoms with van der Waals surface area (Å²) in [6.07, 6.45) is 2.75. The predicted molar refractivity (Wildman–Crippen MR) is 76.5 cm³/mol. The highest BCUT2D eigenvalue weighted by Gasteiger charge is 2.37. The van der Waals surface area contributed by atoms with E-state index < -0.39 is 17.8 Å². The molecule has 1 aliphatic rings. The number of amides is 2. The molecule has 0 aliphatic carbocycles. The summed E-state index contributed by atoms with van der Waals surface area (Å²) in [6, 6.07) is 5.61. The number of halogens is 1. The first-order chi connectivity index (χ1) is 10.0. The second-order valence-electron chi connectivity index (χ2n) is 4.34. The molecule has 0 radical (unpaired) electrons. The van der Waals surface area contributed by atoms with Crippen LogP contribution < -0.4 is 4.90 Å². The molecule has 2 heterocycles. The molecule has 0 saturated heterocycles. The van der Waals surface area contributed by atoms with Gasteiger partial charge in [0, 0.05) is 16.9 Å². The second kappa shape index (κ2) is 4.78. The molecule has 2 aromatic rings. The van der Waals surface area contributed by atoms with Crippen LogP contribution in [-0.4, -0.2) is 27.9 Å². The Morgan fingerprint density at radius 3 is 2.52 bits per heavy atom. The summed E-state index contributed by atoms with van der Waals surface area (Å²) in [5.41, 5.74) is 0.640. The third-order valence-corrected chi connectivity index (χ3v) is 3.79. The van der Waals surface area contributed by atoms with Crippen molar-refractivity contribution in [3.05, 3.63) is 57.8 Å². The van der Waals surface area contributed by atoms with Gasteiger partial charge in [-0.1, -0.05) is 0 Å². The molecule has 0 saturated carbocycles. The summed E-state index contributed by atoms with van der Waals surface area (Å²) in [4.78, 5) is 40.5. The largest absolute Gasteiger partial charge is 0.478 e. The Hall–Kier alpha value is -2.54. The van der Waals surface area contributed by atoms with E-state index in [1.165, 1.54) is 36.7 Å². The Labute approximate surface area is 127 Å². The molecule has 1 aliphatic heterocycles. The Morgan fingerprint density at radius 1 is 1.14 bits per heavy atom. The van der Waals surface area contributed by atoms with E-state index in [-0.39, 0.29) is 22.4 Å². The van der Waals surface area contributed by atoms with Gasteiger partial charge in [-0.05, 0) is 40.2 Å². The molecule has 2 amide bonds. The number of nitrogens with zero attached hydrogens (tertiary/aromatic N) is 2. The van der Waals surface area contributed by atoms with Gasteiger partial charge in [0.2, 0.25) is 0 Å². The van der Waals surface area contributed by atoms with Gasteiger partial charge in [-0.2, -0.15) is 0 Å². The molecule has 0 atom stereocenters. The first-order valence-electron chi connectivity index (χ1n) is 5.86. The van der Waals surface area contributed by atoms with Crippen LogP contribution >= 0.6 is 15.9 Å². The van der Waals surface area contributed by atoms with E-state index in [4.69, 9.17) is 5.11 Å². The van der Waals surface area contributed by atoms with E-state index >= 15 is 0 Å². The minimum Gasteiger partial charge on any atom is -0.478 e. The normalized spacial score (nSPS) is 13.5. The van der Waals surface area contributed by atoms with E-state index in [0.717, 1.165) is 4.90 Å². The van der Waals surface area contributed by atoms with Crippen molar-refractivity contribution in [1.82, 2.24) is 4.98 Å². The highest BCUT2D eigenvalue weighted by molar-refractivity contribution is 9.10. The van der Waals surface area contributed by atoms with Crippen LogP contribution in [0.25, 0.3) is 0 Å². The lowest BCUT2D eigenvalue weighted by atomic mass is 10.2. The van der Waals surface area contributed by atoms with E-state index in [2.05, 4.69) is 20.9 Å². The number of pyridine rings is 1. The van der Waals surface area contributed by atoms with Gasteiger partial charge in [0.1, 0.15) is 0 Å². The number of anilines is 1. The molecule has 7 heteroatoms. The molecule has 6 nitrogen and oxygen atoms in total. The molecule has 3 rings (SSSR count). The zero-order chi connectivity index (χ0) is 15.1. The van der Waals surface area contributed by atoms with Crippen molar-refractivity contribution in [1.29, 1.82) is 0 Å². The van der Waals surface area contributed by atoms with Gasteiger partial charge < -0.3 is 5.11 Å². The van der Waals surface area contributed by atoms with Crippen molar-refractivity contribution < 1.29 is 19.5 Å². The smallest absolute Gasteiger partial charge is 0.335 e. The maximum atomic E-state index is 12.4. The highest BCUT2D eigenvalue weighted by atomic mass is 79.9. The minimum atomic E-state index is -1.14. The van der Waals surface area contributed by atoms with Crippen molar-refractivity contribution >= 4 is 39.4 Å². The predicted octanol–water partition coefficient (Wildman–Crippen LogP) is 2.34. The van der Waals surface area contributed by atoms with E-state index in [1.807, 2.05) is 0 Å². The van der Waals surface area contributed by atoms with Gasteiger partial charge in [-0.3, -0.25) is 14.6 Å². The number of imide groups is 1. The SMILES string of the molecule is O=C(O)c1ccc(Br)c(N2C(=O)c3ccncc3C2=O)c1. The Balaban J connectivity index is 2.15. The van der Waals surface area contributed by atoms with Crippen molar-refractivity contribution in [3.8, 4) is 0 Å². The Morgan fingerprint density at radius 2 is 1.86 bits per heavy atom. The standard InChI is InChI=1S/C14H7BrN2O4/c15-10-2-1-7(14(20)21)5-11(10)17-12(18)8-3-4-16-6-9(8)13(17)19/h1-6H,(H,20,21). The van der Waals surface area contributed by atoms with Crippen molar-refractivity contribution in [3.63, 3.8) is 0 Å². The summed E-state index contributed by atoms with van der Waals surface area (Å²) < 4.78 is 0.454. The lowest BCUT2D eigenvalue weighted by Gasteiger charge is -2.16. The number of fused-ring (bicyclic) bond motifs is 1. The summed E-state index contributed by atoms with van der Waals surface area (Å²) in [7, 11) is 0. The number of carboxylic acid groups (broad SMARTS) is 1. The fraction of sp³-hybridized carbons (Fsp3) is 0. The summed E-state index contributed by atoms with van der Waals surface area (Å²) in [5.74, 6) is -2.16. The van der Waals surface area contributed by atoms with E-state index in [9.17, 15) is 14.4 Å². The zero-order valence-corrected chi connectivity index (χ0v) is 12.0. The lowest BCUT2D eigenvalue weighted by Crippen LogP contribution is -2.29. The first kappa shape index (κ1) is 13.4. The third-order valence-electron chi connectivity index (χ3n) is 3.12. The fourth-order valence-corrected chi connectivity index (χ4v) is 2.54. The summed E-state index contributed by atoms with van der Waals surface area (Å²) in [5, 5.41) is 9.03. The van der Waals surface area contributed by atoms with Crippen LogP contribution in [0.1, 0.15) is 31.1 Å². The number of rotatable bonds is 2. The van der Waals surface area contributed by atoms with Crippen LogP contribution in [0.15, 0.2) is 41.1 Å². The van der Waals surface area contributed by atoms with Gasteiger partial charge in [0.05, 0.1) is 22.4 Å². The number of benzene rings is 1. The fourth-order valence-electron chi connectivity index (χ4n) is 2.12. The molecular formula is C14H7BrN2O4. The van der Waals surface area contributed by atoms with Crippen LogP contribution in [0.3, 0.4) is 0 Å². The van der Waals surface area contributed by atoms with Gasteiger partial charge in [0.15, 0.2) is 0 Å². The average molecular weight is 347 g/mol. The molecule has 1 aromatic heterocycles.